The van der Waals surface area contributed by atoms with Crippen LogP contribution in [0.15, 0.2) is 30.5 Å². The summed E-state index contributed by atoms with van der Waals surface area (Å²) in [6.45, 7) is 1.22. The van der Waals surface area contributed by atoms with Crippen LogP contribution < -0.4 is 15.0 Å². The molecular weight excluding hydrogens is 631 g/mol. The van der Waals surface area contributed by atoms with Crippen molar-refractivity contribution in [3.8, 4) is 35.4 Å². The molecule has 1 saturated carbocycles. The molecule has 2 aromatic heterocycles. The Hall–Kier alpha value is -4.28. The van der Waals surface area contributed by atoms with E-state index in [1.54, 1.807) is 4.90 Å². The second kappa shape index (κ2) is 10.1. The number of hydrogen-bond donors (Lipinski definition) is 2. The molecule has 9 rings (SSSR count). The van der Waals surface area contributed by atoms with Crippen molar-refractivity contribution >= 4 is 27.5 Å². The van der Waals surface area contributed by atoms with Gasteiger partial charge >= 0.3 is 6.01 Å². The van der Waals surface area contributed by atoms with Crippen molar-refractivity contribution in [3.63, 3.8) is 0 Å². The molecule has 5 fully saturated rings. The lowest BCUT2D eigenvalue weighted by Gasteiger charge is -2.34. The number of benzene rings is 2. The van der Waals surface area contributed by atoms with Gasteiger partial charge < -0.3 is 20.1 Å². The molecule has 0 radical (unpaired) electrons. The molecule has 2 aromatic carbocycles. The monoisotopic (exact) mass is 662 g/mol. The van der Waals surface area contributed by atoms with Gasteiger partial charge in [-0.15, -0.1) is 6.42 Å². The lowest BCUT2D eigenvalue weighted by Crippen LogP contribution is -2.51. The zero-order valence-corrected chi connectivity index (χ0v) is 25.7. The minimum atomic E-state index is -2.80. The Morgan fingerprint density at radius 2 is 1.85 bits per heavy atom. The first kappa shape index (κ1) is 29.8. The van der Waals surface area contributed by atoms with Gasteiger partial charge in [-0.25, -0.2) is 22.0 Å². The number of piperazine rings is 1. The first-order valence-corrected chi connectivity index (χ1v) is 16.2. The zero-order chi connectivity index (χ0) is 33.2. The highest BCUT2D eigenvalue weighted by Gasteiger charge is 2.77. The molecule has 1 spiro atoms. The Bertz CT molecular complexity index is 2060. The Morgan fingerprint density at radius 3 is 2.58 bits per heavy atom. The normalized spacial score (nSPS) is 30.3. The number of nitrogens with zero attached hydrogens (tertiary/aromatic N) is 5. The number of nitrogens with one attached hydrogen (secondary N) is 1. The van der Waals surface area contributed by atoms with Gasteiger partial charge in [0.05, 0.1) is 21.9 Å². The van der Waals surface area contributed by atoms with Gasteiger partial charge in [-0.2, -0.15) is 9.97 Å². The Labute approximate surface area is 272 Å². The van der Waals surface area contributed by atoms with Gasteiger partial charge in [0.2, 0.25) is 0 Å². The molecule has 4 aromatic rings. The van der Waals surface area contributed by atoms with Crippen LogP contribution in [0, 0.1) is 29.4 Å². The van der Waals surface area contributed by atoms with Crippen LogP contribution in [0.2, 0.25) is 0 Å². The number of rotatable bonds is 5. The molecule has 0 unspecified atom stereocenters. The van der Waals surface area contributed by atoms with Crippen LogP contribution >= 0.6 is 0 Å². The Kier molecular flexibility index (Phi) is 6.29. The van der Waals surface area contributed by atoms with E-state index >= 15 is 4.39 Å². The fourth-order valence-corrected chi connectivity index (χ4v) is 8.89. The van der Waals surface area contributed by atoms with Gasteiger partial charge in [-0.3, -0.25) is 9.88 Å². The standard InChI is InChI=1S/C35H31F5N6O2/c1-2-23-26(37)6-3-18-7-22(47)8-24(27(18)23)29-28(38)30-25(10-41-29)31(45-12-20-4-5-21(13-45)42-20)44-32(43-30)48-17-34-9-19(36)11-46(34)16-33(14-34)15-35(33,39)40/h1,3,6-8,10,19-21,42,47H,4-5,9,11-17H2/t19-,20-,21+,33+,34+/m0/s1. The minimum absolute atomic E-state index is 0.0491. The van der Waals surface area contributed by atoms with Crippen LogP contribution in [0.3, 0.4) is 0 Å². The van der Waals surface area contributed by atoms with E-state index in [9.17, 15) is 22.7 Å². The van der Waals surface area contributed by atoms with E-state index in [1.165, 1.54) is 30.5 Å². The highest BCUT2D eigenvalue weighted by atomic mass is 19.3. The zero-order valence-electron chi connectivity index (χ0n) is 25.7. The summed E-state index contributed by atoms with van der Waals surface area (Å²) < 4.78 is 81.5. The Balaban J connectivity index is 1.16. The van der Waals surface area contributed by atoms with Crippen molar-refractivity contribution in [1.82, 2.24) is 25.2 Å². The topological polar surface area (TPSA) is 86.6 Å². The summed E-state index contributed by atoms with van der Waals surface area (Å²) >= 11 is 0. The molecule has 248 valence electrons. The fourth-order valence-electron chi connectivity index (χ4n) is 8.89. The average Bonchev–Trinajstić information content (AvgIpc) is 3.30. The second-order valence-corrected chi connectivity index (χ2v) is 14.2. The molecule has 5 atom stereocenters. The molecule has 8 nitrogen and oxygen atoms in total. The van der Waals surface area contributed by atoms with Gasteiger partial charge in [0.25, 0.3) is 5.92 Å². The van der Waals surface area contributed by atoms with Crippen LogP contribution in [0.25, 0.3) is 32.9 Å². The number of fused-ring (bicyclic) bond motifs is 5. The van der Waals surface area contributed by atoms with E-state index in [1.807, 2.05) is 4.90 Å². The van der Waals surface area contributed by atoms with Crippen molar-refractivity contribution in [3.05, 3.63) is 47.7 Å². The second-order valence-electron chi connectivity index (χ2n) is 14.2. The molecular formula is C35H31F5N6O2. The number of terminal acetylenes is 1. The van der Waals surface area contributed by atoms with Crippen LogP contribution in [-0.2, 0) is 0 Å². The van der Waals surface area contributed by atoms with E-state index in [0.717, 1.165) is 12.8 Å². The maximum absolute atomic E-state index is 16.8. The number of halogens is 5. The summed E-state index contributed by atoms with van der Waals surface area (Å²) in [4.78, 5) is 17.5. The van der Waals surface area contributed by atoms with E-state index in [-0.39, 0.29) is 90.5 Å². The number of alkyl halides is 3. The van der Waals surface area contributed by atoms with Gasteiger partial charge in [0.15, 0.2) is 5.82 Å². The summed E-state index contributed by atoms with van der Waals surface area (Å²) in [6, 6.07) is 5.56. The highest BCUT2D eigenvalue weighted by molar-refractivity contribution is 6.03. The molecule has 6 heterocycles. The van der Waals surface area contributed by atoms with Gasteiger partial charge in [-0.1, -0.05) is 12.0 Å². The number of pyridine rings is 1. The van der Waals surface area contributed by atoms with Crippen LogP contribution in [-0.4, -0.2) is 87.5 Å². The molecule has 4 saturated heterocycles. The molecule has 13 heteroatoms. The first-order chi connectivity index (χ1) is 23.0. The summed E-state index contributed by atoms with van der Waals surface area (Å²) in [5.41, 5.74) is -2.49. The number of aromatic nitrogens is 3. The predicted octanol–water partition coefficient (Wildman–Crippen LogP) is 5.34. The highest BCUT2D eigenvalue weighted by Crippen LogP contribution is 2.69. The van der Waals surface area contributed by atoms with Crippen molar-refractivity contribution in [2.75, 3.05) is 37.7 Å². The van der Waals surface area contributed by atoms with Gasteiger partial charge in [0, 0.05) is 68.3 Å². The average molecular weight is 663 g/mol. The number of aromatic hydroxyl groups is 1. The maximum atomic E-state index is 16.8. The molecule has 2 bridgehead atoms. The number of hydrogen-bond acceptors (Lipinski definition) is 8. The smallest absolute Gasteiger partial charge is 0.319 e. The van der Waals surface area contributed by atoms with Crippen molar-refractivity contribution < 1.29 is 31.8 Å². The predicted molar refractivity (Wildman–Crippen MR) is 168 cm³/mol. The molecule has 4 aliphatic heterocycles. The van der Waals surface area contributed by atoms with Crippen LogP contribution in [0.1, 0.15) is 37.7 Å². The molecule has 1 aliphatic carbocycles. The summed E-state index contributed by atoms with van der Waals surface area (Å²) in [6.07, 6.45) is 7.81. The number of phenols is 1. The maximum Gasteiger partial charge on any atom is 0.319 e. The molecule has 2 N–H and O–H groups in total. The van der Waals surface area contributed by atoms with Crippen molar-refractivity contribution in [1.29, 1.82) is 0 Å². The summed E-state index contributed by atoms with van der Waals surface area (Å²) in [5.74, 6) is -1.79. The number of anilines is 1. The molecule has 0 amide bonds. The third-order valence-corrected chi connectivity index (χ3v) is 11.1. The van der Waals surface area contributed by atoms with Crippen molar-refractivity contribution in [2.24, 2.45) is 5.41 Å². The summed E-state index contributed by atoms with van der Waals surface area (Å²) in [7, 11) is 0. The van der Waals surface area contributed by atoms with Crippen LogP contribution in [0.5, 0.6) is 11.8 Å². The van der Waals surface area contributed by atoms with E-state index in [2.05, 4.69) is 21.2 Å². The van der Waals surface area contributed by atoms with Crippen molar-refractivity contribution in [2.45, 2.75) is 61.8 Å². The van der Waals surface area contributed by atoms with E-state index in [4.69, 9.17) is 16.1 Å². The van der Waals surface area contributed by atoms with E-state index < -0.39 is 34.7 Å². The third-order valence-electron chi connectivity index (χ3n) is 11.1. The lowest BCUT2D eigenvalue weighted by molar-refractivity contribution is 0.0634. The lowest BCUT2D eigenvalue weighted by atomic mass is 9.88. The van der Waals surface area contributed by atoms with Crippen LogP contribution in [0.4, 0.5) is 27.8 Å². The van der Waals surface area contributed by atoms with E-state index in [0.29, 0.717) is 29.7 Å². The largest absolute Gasteiger partial charge is 0.508 e. The third kappa shape index (κ3) is 4.38. The molecule has 48 heavy (non-hydrogen) atoms. The van der Waals surface area contributed by atoms with Gasteiger partial charge in [0.1, 0.15) is 41.4 Å². The first-order valence-electron chi connectivity index (χ1n) is 16.2. The Morgan fingerprint density at radius 1 is 1.08 bits per heavy atom. The SMILES string of the molecule is C#Cc1c(F)ccc2cc(O)cc(-c3ncc4c(N5C[C@H]6CC[C@@H](C5)N6)nc(OC[C@]56C[C@H](F)CN5C[C@]5(CC5(F)F)C6)nc4c3F)c12. The quantitative estimate of drug-likeness (QED) is 0.219. The fraction of sp³-hybridized carbons (Fsp3) is 0.457. The summed E-state index contributed by atoms with van der Waals surface area (Å²) in [5, 5.41) is 15.0. The number of phenolic OH excluding ortho intramolecular Hbond substituents is 1. The minimum Gasteiger partial charge on any atom is -0.508 e. The van der Waals surface area contributed by atoms with Gasteiger partial charge in [-0.05, 0) is 42.8 Å². The number of ether oxygens (including phenoxy) is 1. The molecule has 5 aliphatic rings.